The lowest BCUT2D eigenvalue weighted by Gasteiger charge is -2.12. The number of thiazole rings is 1. The van der Waals surface area contributed by atoms with Crippen LogP contribution in [0.5, 0.6) is 17.2 Å². The van der Waals surface area contributed by atoms with E-state index in [0.29, 0.717) is 27.8 Å². The summed E-state index contributed by atoms with van der Waals surface area (Å²) in [4.78, 5) is 16.7. The van der Waals surface area contributed by atoms with Crippen LogP contribution in [0, 0.1) is 18.3 Å². The first-order chi connectivity index (χ1) is 14.5. The number of nitriles is 1. The van der Waals surface area contributed by atoms with E-state index in [2.05, 4.69) is 15.2 Å². The number of ketones is 1. The van der Waals surface area contributed by atoms with Gasteiger partial charge in [0, 0.05) is 16.6 Å². The Labute approximate surface area is 181 Å². The zero-order valence-corrected chi connectivity index (χ0v) is 18.3. The van der Waals surface area contributed by atoms with Crippen molar-refractivity contribution in [1.82, 2.24) is 15.2 Å². The van der Waals surface area contributed by atoms with E-state index in [1.54, 1.807) is 12.1 Å². The van der Waals surface area contributed by atoms with Gasteiger partial charge in [0.05, 0.1) is 33.2 Å². The van der Waals surface area contributed by atoms with Crippen LogP contribution >= 0.6 is 23.1 Å². The second-order valence-corrected chi connectivity index (χ2v) is 7.75. The highest BCUT2D eigenvalue weighted by Gasteiger charge is 2.24. The molecule has 30 heavy (non-hydrogen) atoms. The normalized spacial score (nSPS) is 11.6. The number of benzene rings is 1. The third-order valence-electron chi connectivity index (χ3n) is 3.99. The SMILES string of the molecule is COc1cc(-c2nnc(SCC(=O)[C@@H](C#N)c3nc(C)cs3)o2)cc(OC)c1OC. The smallest absolute Gasteiger partial charge is 0.277 e. The van der Waals surface area contributed by atoms with Crippen molar-refractivity contribution < 1.29 is 23.4 Å². The number of methoxy groups -OCH3 is 3. The molecule has 0 unspecified atom stereocenters. The summed E-state index contributed by atoms with van der Waals surface area (Å²) in [5.74, 6) is 0.404. The third kappa shape index (κ3) is 4.55. The Bertz CT molecular complexity index is 1060. The van der Waals surface area contributed by atoms with Crippen LogP contribution in [0.3, 0.4) is 0 Å². The summed E-state index contributed by atoms with van der Waals surface area (Å²) < 4.78 is 21.6. The molecule has 0 radical (unpaired) electrons. The van der Waals surface area contributed by atoms with Crippen molar-refractivity contribution in [2.24, 2.45) is 0 Å². The van der Waals surface area contributed by atoms with Crippen molar-refractivity contribution in [2.45, 2.75) is 18.1 Å². The highest BCUT2D eigenvalue weighted by Crippen LogP contribution is 2.41. The second-order valence-electron chi connectivity index (χ2n) is 5.93. The highest BCUT2D eigenvalue weighted by molar-refractivity contribution is 7.99. The molecule has 2 aromatic heterocycles. The Morgan fingerprint density at radius 3 is 2.47 bits per heavy atom. The van der Waals surface area contributed by atoms with Gasteiger partial charge in [-0.15, -0.1) is 21.5 Å². The zero-order valence-electron chi connectivity index (χ0n) is 16.7. The van der Waals surface area contributed by atoms with E-state index in [1.807, 2.05) is 18.4 Å². The highest BCUT2D eigenvalue weighted by atomic mass is 32.2. The quantitative estimate of drug-likeness (QED) is 0.452. The predicted molar refractivity (Wildman–Crippen MR) is 110 cm³/mol. The summed E-state index contributed by atoms with van der Waals surface area (Å²) in [7, 11) is 4.54. The molecule has 3 rings (SSSR count). The van der Waals surface area contributed by atoms with E-state index >= 15 is 0 Å². The van der Waals surface area contributed by atoms with Gasteiger partial charge in [-0.25, -0.2) is 4.98 Å². The molecule has 3 aromatic rings. The van der Waals surface area contributed by atoms with Crippen LogP contribution in [0.15, 0.2) is 27.2 Å². The van der Waals surface area contributed by atoms with E-state index in [1.165, 1.54) is 32.7 Å². The fourth-order valence-electron chi connectivity index (χ4n) is 2.58. The number of aryl methyl sites for hydroxylation is 1. The molecule has 156 valence electrons. The first kappa shape index (κ1) is 21.6. The van der Waals surface area contributed by atoms with Crippen LogP contribution in [0.2, 0.25) is 0 Å². The lowest BCUT2D eigenvalue weighted by atomic mass is 10.1. The van der Waals surface area contributed by atoms with Crippen molar-refractivity contribution in [2.75, 3.05) is 27.1 Å². The van der Waals surface area contributed by atoms with Gasteiger partial charge in [0.2, 0.25) is 11.6 Å². The molecule has 0 spiro atoms. The van der Waals surface area contributed by atoms with Crippen molar-refractivity contribution in [3.05, 3.63) is 28.2 Å². The number of carbonyl (C=O) groups is 1. The average molecular weight is 447 g/mol. The zero-order chi connectivity index (χ0) is 21.7. The van der Waals surface area contributed by atoms with E-state index in [4.69, 9.17) is 18.6 Å². The minimum atomic E-state index is -0.909. The molecule has 9 nitrogen and oxygen atoms in total. The van der Waals surface area contributed by atoms with Gasteiger partial charge >= 0.3 is 0 Å². The van der Waals surface area contributed by atoms with E-state index in [0.717, 1.165) is 17.5 Å². The fourth-order valence-corrected chi connectivity index (χ4v) is 4.10. The molecule has 0 N–H and O–H groups in total. The van der Waals surface area contributed by atoms with Crippen LogP contribution in [-0.2, 0) is 4.79 Å². The molecule has 0 saturated heterocycles. The molecule has 0 bridgehead atoms. The topological polar surface area (TPSA) is 120 Å². The van der Waals surface area contributed by atoms with E-state index < -0.39 is 5.92 Å². The van der Waals surface area contributed by atoms with Crippen LogP contribution < -0.4 is 14.2 Å². The maximum atomic E-state index is 12.5. The first-order valence-electron chi connectivity index (χ1n) is 8.61. The third-order valence-corrected chi connectivity index (χ3v) is 5.86. The number of carbonyl (C=O) groups excluding carboxylic acids is 1. The molecule has 0 aliphatic carbocycles. The molecule has 0 aliphatic rings. The van der Waals surface area contributed by atoms with Crippen molar-refractivity contribution >= 4 is 28.9 Å². The van der Waals surface area contributed by atoms with Gasteiger partial charge in [0.25, 0.3) is 5.22 Å². The molecule has 1 atom stereocenters. The first-order valence-corrected chi connectivity index (χ1v) is 10.5. The van der Waals surface area contributed by atoms with Crippen LogP contribution in [0.4, 0.5) is 0 Å². The largest absolute Gasteiger partial charge is 0.493 e. The van der Waals surface area contributed by atoms with Gasteiger partial charge in [-0.05, 0) is 19.1 Å². The fraction of sp³-hybridized carbons (Fsp3) is 0.316. The number of nitrogens with zero attached hydrogens (tertiary/aromatic N) is 4. The number of hydrogen-bond donors (Lipinski definition) is 0. The minimum absolute atomic E-state index is 0.00768. The number of ether oxygens (including phenoxy) is 3. The Morgan fingerprint density at radius 2 is 1.93 bits per heavy atom. The second kappa shape index (κ2) is 9.60. The van der Waals surface area contributed by atoms with Gasteiger partial charge in [-0.2, -0.15) is 5.26 Å². The van der Waals surface area contributed by atoms with Crippen molar-refractivity contribution in [1.29, 1.82) is 5.26 Å². The van der Waals surface area contributed by atoms with Crippen LogP contribution in [-0.4, -0.2) is 48.0 Å². The summed E-state index contributed by atoms with van der Waals surface area (Å²) in [6, 6.07) is 5.38. The summed E-state index contributed by atoms with van der Waals surface area (Å²) in [6.07, 6.45) is 0. The molecule has 2 heterocycles. The number of Topliss-reactive ketones (excluding diaryl/α,β-unsaturated/α-hetero) is 1. The Balaban J connectivity index is 1.74. The molecule has 0 fully saturated rings. The Morgan fingerprint density at radius 1 is 1.23 bits per heavy atom. The molecule has 11 heteroatoms. The van der Waals surface area contributed by atoms with Crippen LogP contribution in [0.1, 0.15) is 16.6 Å². The predicted octanol–water partition coefficient (Wildman–Crippen LogP) is 3.50. The van der Waals surface area contributed by atoms with E-state index in [-0.39, 0.29) is 22.6 Å². The maximum absolute atomic E-state index is 12.5. The lowest BCUT2D eigenvalue weighted by Crippen LogP contribution is -2.13. The van der Waals surface area contributed by atoms with Crippen molar-refractivity contribution in [3.8, 4) is 34.8 Å². The van der Waals surface area contributed by atoms with Gasteiger partial charge in [-0.3, -0.25) is 4.79 Å². The number of thioether (sulfide) groups is 1. The minimum Gasteiger partial charge on any atom is -0.493 e. The molecule has 1 aromatic carbocycles. The van der Waals surface area contributed by atoms with Crippen LogP contribution in [0.25, 0.3) is 11.5 Å². The molecule has 0 saturated carbocycles. The Kier molecular flexibility index (Phi) is 6.91. The Hall–Kier alpha value is -3.10. The maximum Gasteiger partial charge on any atom is 0.277 e. The van der Waals surface area contributed by atoms with Gasteiger partial charge in [0.1, 0.15) is 5.01 Å². The molecular weight excluding hydrogens is 428 g/mol. The standard InChI is InChI=1S/C19H18N4O5S2/c1-10-8-29-18(21-10)12(7-20)13(24)9-30-19-23-22-17(28-19)11-5-14(25-2)16(27-4)15(6-11)26-3/h5-6,8,12H,9H2,1-4H3/t12-/m1/s1. The van der Waals surface area contributed by atoms with E-state index in [9.17, 15) is 10.1 Å². The number of hydrogen-bond acceptors (Lipinski definition) is 11. The van der Waals surface area contributed by atoms with Gasteiger partial charge in [0.15, 0.2) is 23.2 Å². The molecular formula is C19H18N4O5S2. The lowest BCUT2D eigenvalue weighted by molar-refractivity contribution is -0.116. The molecule has 0 amide bonds. The summed E-state index contributed by atoms with van der Waals surface area (Å²) in [5.41, 5.74) is 1.35. The molecule has 0 aliphatic heterocycles. The number of aromatic nitrogens is 3. The number of rotatable bonds is 9. The van der Waals surface area contributed by atoms with Crippen molar-refractivity contribution in [3.63, 3.8) is 0 Å². The van der Waals surface area contributed by atoms with Gasteiger partial charge < -0.3 is 18.6 Å². The summed E-state index contributed by atoms with van der Waals surface area (Å²) in [5, 5.41) is 19.8. The van der Waals surface area contributed by atoms with Gasteiger partial charge in [-0.1, -0.05) is 11.8 Å². The monoisotopic (exact) mass is 446 g/mol. The average Bonchev–Trinajstić information content (AvgIpc) is 3.41. The summed E-state index contributed by atoms with van der Waals surface area (Å²) in [6.45, 7) is 1.82. The summed E-state index contributed by atoms with van der Waals surface area (Å²) >= 11 is 2.36.